The maximum atomic E-state index is 7.27. The summed E-state index contributed by atoms with van der Waals surface area (Å²) in [5.74, 6) is 2.41. The number of rotatable bonds is 17. The van der Waals surface area contributed by atoms with Crippen molar-refractivity contribution in [3.05, 3.63) is 59.7 Å². The van der Waals surface area contributed by atoms with E-state index in [9.17, 15) is 0 Å². The number of hydrogen-bond acceptors (Lipinski definition) is 4. The molecule has 0 aliphatic carbocycles. The summed E-state index contributed by atoms with van der Waals surface area (Å²) in [6.45, 7) is 12.6. The fourth-order valence-corrected chi connectivity index (χ4v) is 8.48. The van der Waals surface area contributed by atoms with Crippen LogP contribution in [-0.4, -0.2) is 32.4 Å². The SMILES string of the molecule is CCCCCCSc1ccc(C(O[Si](C)(C)C)(c2ccc(SCCCCCC)cc2)[C@@H]2CCCN2)cc1. The standard InChI is InChI=1S/C32H51NOS2Si/c1-6-8-10-12-25-35-29-20-16-27(17-21-29)32(34-37(3,4)5,31-15-14-24-33-31)28-18-22-30(23-19-28)36-26-13-11-9-7-2/h16-23,31,33H,6-15,24-26H2,1-5H3/t31-/m0/s1. The van der Waals surface area contributed by atoms with Gasteiger partial charge in [0.25, 0.3) is 0 Å². The van der Waals surface area contributed by atoms with Gasteiger partial charge in [0.15, 0.2) is 8.32 Å². The normalized spacial score (nSPS) is 16.4. The molecule has 0 spiro atoms. The third kappa shape index (κ3) is 9.46. The van der Waals surface area contributed by atoms with E-state index in [1.165, 1.54) is 90.2 Å². The number of nitrogens with one attached hydrogen (secondary N) is 1. The zero-order valence-corrected chi connectivity index (χ0v) is 26.7. The van der Waals surface area contributed by atoms with Gasteiger partial charge in [-0.2, -0.15) is 0 Å². The summed E-state index contributed by atoms with van der Waals surface area (Å²) < 4.78 is 7.27. The quantitative estimate of drug-likeness (QED) is 0.119. The van der Waals surface area contributed by atoms with Crippen molar-refractivity contribution >= 4 is 31.8 Å². The van der Waals surface area contributed by atoms with Gasteiger partial charge in [-0.15, -0.1) is 23.5 Å². The lowest BCUT2D eigenvalue weighted by Gasteiger charge is -2.44. The predicted octanol–water partition coefficient (Wildman–Crippen LogP) is 9.88. The Hall–Kier alpha value is -0.723. The molecule has 0 radical (unpaired) electrons. The fourth-order valence-electron chi connectivity index (χ4n) is 5.31. The molecule has 0 unspecified atom stereocenters. The van der Waals surface area contributed by atoms with Crippen molar-refractivity contribution in [1.29, 1.82) is 0 Å². The Balaban J connectivity index is 1.86. The van der Waals surface area contributed by atoms with Crippen LogP contribution in [-0.2, 0) is 10.0 Å². The van der Waals surface area contributed by atoms with E-state index in [-0.39, 0.29) is 0 Å². The van der Waals surface area contributed by atoms with Crippen molar-refractivity contribution in [2.75, 3.05) is 18.1 Å². The van der Waals surface area contributed by atoms with Gasteiger partial charge >= 0.3 is 0 Å². The second-order valence-electron chi connectivity index (χ2n) is 11.5. The molecule has 1 fully saturated rings. The molecule has 2 aromatic rings. The van der Waals surface area contributed by atoms with Gasteiger partial charge in [-0.3, -0.25) is 0 Å². The molecular formula is C32H51NOS2Si. The van der Waals surface area contributed by atoms with E-state index in [0.29, 0.717) is 6.04 Å². The smallest absolute Gasteiger partial charge is 0.185 e. The minimum absolute atomic E-state index is 0.291. The highest BCUT2D eigenvalue weighted by Gasteiger charge is 2.47. The first-order valence-corrected chi connectivity index (χ1v) is 20.2. The average Bonchev–Trinajstić information content (AvgIpc) is 3.43. The second kappa shape index (κ2) is 15.8. The lowest BCUT2D eigenvalue weighted by molar-refractivity contribution is 0.0638. The molecule has 2 aromatic carbocycles. The molecule has 3 rings (SSSR count). The Morgan fingerprint density at radius 1 is 0.757 bits per heavy atom. The molecule has 2 nitrogen and oxygen atoms in total. The fraction of sp³-hybridized carbons (Fsp3) is 0.625. The van der Waals surface area contributed by atoms with Crippen LogP contribution in [0.1, 0.15) is 89.2 Å². The van der Waals surface area contributed by atoms with E-state index < -0.39 is 13.9 Å². The van der Waals surface area contributed by atoms with Crippen LogP contribution in [0.2, 0.25) is 19.6 Å². The van der Waals surface area contributed by atoms with Crippen molar-refractivity contribution < 1.29 is 4.43 Å². The Bertz CT molecular complexity index is 831. The van der Waals surface area contributed by atoms with Crippen LogP contribution in [0.5, 0.6) is 0 Å². The zero-order chi connectivity index (χ0) is 26.6. The minimum atomic E-state index is -1.87. The molecule has 0 bridgehead atoms. The van der Waals surface area contributed by atoms with E-state index >= 15 is 0 Å². The molecule has 0 aromatic heterocycles. The zero-order valence-electron chi connectivity index (χ0n) is 24.1. The highest BCUT2D eigenvalue weighted by Crippen LogP contribution is 2.43. The van der Waals surface area contributed by atoms with Crippen LogP contribution in [0, 0.1) is 0 Å². The summed E-state index contributed by atoms with van der Waals surface area (Å²) >= 11 is 3.99. The summed E-state index contributed by atoms with van der Waals surface area (Å²) in [6, 6.07) is 19.0. The molecule has 1 heterocycles. The monoisotopic (exact) mass is 557 g/mol. The van der Waals surface area contributed by atoms with Gasteiger partial charge < -0.3 is 9.74 Å². The summed E-state index contributed by atoms with van der Waals surface area (Å²) in [5.41, 5.74) is 2.14. The maximum Gasteiger partial charge on any atom is 0.185 e. The molecule has 1 aliphatic rings. The lowest BCUT2D eigenvalue weighted by atomic mass is 9.79. The molecule has 1 N–H and O–H groups in total. The molecule has 5 heteroatoms. The number of thioether (sulfide) groups is 2. The molecule has 1 aliphatic heterocycles. The first-order chi connectivity index (χ1) is 17.9. The second-order valence-corrected chi connectivity index (χ2v) is 18.2. The number of benzene rings is 2. The van der Waals surface area contributed by atoms with Crippen LogP contribution in [0.15, 0.2) is 58.3 Å². The van der Waals surface area contributed by atoms with Crippen molar-refractivity contribution in [1.82, 2.24) is 5.32 Å². The van der Waals surface area contributed by atoms with Gasteiger partial charge in [-0.05, 0) is 98.8 Å². The van der Waals surface area contributed by atoms with Gasteiger partial charge in [0.05, 0.1) is 0 Å². The van der Waals surface area contributed by atoms with E-state index in [1.54, 1.807) is 0 Å². The third-order valence-electron chi connectivity index (χ3n) is 7.12. The third-order valence-corrected chi connectivity index (χ3v) is 10.2. The van der Waals surface area contributed by atoms with Gasteiger partial charge in [0.2, 0.25) is 0 Å². The Kier molecular flexibility index (Phi) is 13.1. The molecule has 0 amide bonds. The van der Waals surface area contributed by atoms with Gasteiger partial charge in [-0.1, -0.05) is 76.6 Å². The van der Waals surface area contributed by atoms with Gasteiger partial charge in [0, 0.05) is 15.8 Å². The predicted molar refractivity (Wildman–Crippen MR) is 169 cm³/mol. The Morgan fingerprint density at radius 3 is 1.62 bits per heavy atom. The highest BCUT2D eigenvalue weighted by molar-refractivity contribution is 7.99. The molecular weight excluding hydrogens is 507 g/mol. The van der Waals surface area contributed by atoms with E-state index in [2.05, 4.69) is 87.3 Å². The molecule has 1 saturated heterocycles. The molecule has 206 valence electrons. The topological polar surface area (TPSA) is 21.3 Å². The van der Waals surface area contributed by atoms with Crippen LogP contribution >= 0.6 is 23.5 Å². The van der Waals surface area contributed by atoms with Crippen molar-refractivity contribution in [2.45, 2.75) is 119 Å². The van der Waals surface area contributed by atoms with Gasteiger partial charge in [-0.25, -0.2) is 0 Å². The van der Waals surface area contributed by atoms with Crippen molar-refractivity contribution in [3.63, 3.8) is 0 Å². The Morgan fingerprint density at radius 2 is 1.24 bits per heavy atom. The number of hydrogen-bond donors (Lipinski definition) is 1. The van der Waals surface area contributed by atoms with Gasteiger partial charge in [0.1, 0.15) is 5.60 Å². The highest BCUT2D eigenvalue weighted by atomic mass is 32.2. The molecule has 1 atom stereocenters. The number of unbranched alkanes of at least 4 members (excludes halogenated alkanes) is 6. The largest absolute Gasteiger partial charge is 0.403 e. The van der Waals surface area contributed by atoms with E-state index in [4.69, 9.17) is 4.43 Å². The lowest BCUT2D eigenvalue weighted by Crippen LogP contribution is -2.53. The molecule has 37 heavy (non-hydrogen) atoms. The summed E-state index contributed by atoms with van der Waals surface area (Å²) in [6.07, 6.45) is 12.9. The summed E-state index contributed by atoms with van der Waals surface area (Å²) in [4.78, 5) is 2.74. The summed E-state index contributed by atoms with van der Waals surface area (Å²) in [5, 5.41) is 3.84. The van der Waals surface area contributed by atoms with Crippen molar-refractivity contribution in [2.24, 2.45) is 0 Å². The van der Waals surface area contributed by atoms with E-state index in [0.717, 1.165) is 13.0 Å². The average molecular weight is 558 g/mol. The van der Waals surface area contributed by atoms with E-state index in [1.807, 2.05) is 23.5 Å². The Labute approximate surface area is 237 Å². The minimum Gasteiger partial charge on any atom is -0.403 e. The van der Waals surface area contributed by atoms with Crippen LogP contribution < -0.4 is 5.32 Å². The maximum absolute atomic E-state index is 7.27. The van der Waals surface area contributed by atoms with Crippen LogP contribution in [0.4, 0.5) is 0 Å². The first kappa shape index (κ1) is 30.8. The van der Waals surface area contributed by atoms with Crippen LogP contribution in [0.25, 0.3) is 0 Å². The summed E-state index contributed by atoms with van der Waals surface area (Å²) in [7, 11) is -1.87. The molecule has 0 saturated carbocycles. The van der Waals surface area contributed by atoms with Crippen molar-refractivity contribution in [3.8, 4) is 0 Å². The van der Waals surface area contributed by atoms with Crippen LogP contribution in [0.3, 0.4) is 0 Å². The first-order valence-electron chi connectivity index (χ1n) is 14.8.